The van der Waals surface area contributed by atoms with Gasteiger partial charge in [-0.3, -0.25) is 9.59 Å². The zero-order valence-electron chi connectivity index (χ0n) is 20.3. The van der Waals surface area contributed by atoms with Crippen LogP contribution in [0.3, 0.4) is 0 Å². The number of carbonyl (C=O) groups excluding carboxylic acids is 2. The summed E-state index contributed by atoms with van der Waals surface area (Å²) in [6.45, 7) is 10.0. The molecule has 0 fully saturated rings. The second-order valence-corrected chi connectivity index (χ2v) is 9.10. The third kappa shape index (κ3) is 8.46. The zero-order valence-corrected chi connectivity index (χ0v) is 20.3. The van der Waals surface area contributed by atoms with E-state index in [1.807, 2.05) is 7.05 Å². The van der Waals surface area contributed by atoms with Crippen LogP contribution < -0.4 is 10.6 Å². The monoisotopic (exact) mass is 437 g/mol. The highest BCUT2D eigenvalue weighted by Crippen LogP contribution is 2.15. The van der Waals surface area contributed by atoms with Crippen molar-refractivity contribution in [2.45, 2.75) is 58.9 Å². The van der Waals surface area contributed by atoms with Gasteiger partial charge in [0.1, 0.15) is 5.54 Å². The summed E-state index contributed by atoms with van der Waals surface area (Å²) in [5.74, 6) is -0.244. The average Bonchev–Trinajstić information content (AvgIpc) is 2.76. The van der Waals surface area contributed by atoms with E-state index < -0.39 is 5.54 Å². The van der Waals surface area contributed by atoms with E-state index >= 15 is 0 Å². The molecular weight excluding hydrogens is 398 g/mol. The summed E-state index contributed by atoms with van der Waals surface area (Å²) in [6.07, 6.45) is 2.93. The molecule has 5 heteroatoms. The Morgan fingerprint density at radius 1 is 1.00 bits per heavy atom. The standard InChI is InChI=1S/C27H39N3O2/c1-6-30(5)19-18-28-26(32)27(3,4)29-25(31)13-9-11-22-14-16-23(17-15-22)20-24-12-8-7-10-21(24)2/h7-8,10,12,14-17H,6,9,11,13,18-20H2,1-5H3,(H,28,32)(H,29,31). The smallest absolute Gasteiger partial charge is 0.245 e. The Kier molecular flexibility index (Phi) is 9.92. The predicted octanol–water partition coefficient (Wildman–Crippen LogP) is 3.87. The number of nitrogens with one attached hydrogen (secondary N) is 2. The highest BCUT2D eigenvalue weighted by atomic mass is 16.2. The first-order valence-corrected chi connectivity index (χ1v) is 11.6. The minimum Gasteiger partial charge on any atom is -0.353 e. The topological polar surface area (TPSA) is 61.4 Å². The number of rotatable bonds is 12. The fourth-order valence-electron chi connectivity index (χ4n) is 3.51. The lowest BCUT2D eigenvalue weighted by atomic mass is 9.98. The number of aryl methyl sites for hydroxylation is 2. The summed E-state index contributed by atoms with van der Waals surface area (Å²) in [6, 6.07) is 17.1. The van der Waals surface area contributed by atoms with Crippen LogP contribution in [-0.2, 0) is 22.4 Å². The molecule has 0 spiro atoms. The molecule has 0 atom stereocenters. The van der Waals surface area contributed by atoms with Gasteiger partial charge in [0, 0.05) is 19.5 Å². The molecular formula is C27H39N3O2. The number of hydrogen-bond donors (Lipinski definition) is 2. The van der Waals surface area contributed by atoms with Crippen molar-refractivity contribution in [1.82, 2.24) is 15.5 Å². The van der Waals surface area contributed by atoms with Crippen molar-refractivity contribution in [2.75, 3.05) is 26.7 Å². The van der Waals surface area contributed by atoms with Crippen LogP contribution >= 0.6 is 0 Å². The summed E-state index contributed by atoms with van der Waals surface area (Å²) in [4.78, 5) is 26.9. The molecule has 0 aliphatic rings. The van der Waals surface area contributed by atoms with Gasteiger partial charge in [-0.25, -0.2) is 0 Å². The summed E-state index contributed by atoms with van der Waals surface area (Å²) < 4.78 is 0. The van der Waals surface area contributed by atoms with Crippen LogP contribution in [0, 0.1) is 6.92 Å². The summed E-state index contributed by atoms with van der Waals surface area (Å²) in [5.41, 5.74) is 4.26. The Labute approximate surface area is 193 Å². The molecule has 0 saturated carbocycles. The van der Waals surface area contributed by atoms with E-state index in [-0.39, 0.29) is 11.8 Å². The second kappa shape index (κ2) is 12.4. The number of carbonyl (C=O) groups is 2. The van der Waals surface area contributed by atoms with E-state index in [1.54, 1.807) is 13.8 Å². The minimum atomic E-state index is -0.918. The molecule has 0 heterocycles. The molecule has 174 valence electrons. The SMILES string of the molecule is CCN(C)CCNC(=O)C(C)(C)NC(=O)CCCc1ccc(Cc2ccccc2C)cc1. The lowest BCUT2D eigenvalue weighted by Gasteiger charge is -2.26. The number of amides is 2. The first-order chi connectivity index (χ1) is 15.2. The second-order valence-electron chi connectivity index (χ2n) is 9.10. The van der Waals surface area contributed by atoms with Crippen molar-refractivity contribution < 1.29 is 9.59 Å². The van der Waals surface area contributed by atoms with Gasteiger partial charge >= 0.3 is 0 Å². The highest BCUT2D eigenvalue weighted by molar-refractivity contribution is 5.90. The summed E-state index contributed by atoms with van der Waals surface area (Å²) >= 11 is 0. The lowest BCUT2D eigenvalue weighted by molar-refractivity contribution is -0.132. The Balaban J connectivity index is 1.73. The molecule has 2 aromatic carbocycles. The first-order valence-electron chi connectivity index (χ1n) is 11.6. The van der Waals surface area contributed by atoms with Gasteiger partial charge in [-0.2, -0.15) is 0 Å². The van der Waals surface area contributed by atoms with E-state index in [1.165, 1.54) is 22.3 Å². The number of hydrogen-bond acceptors (Lipinski definition) is 3. The minimum absolute atomic E-state index is 0.0907. The zero-order chi connectivity index (χ0) is 23.6. The normalized spacial score (nSPS) is 11.4. The van der Waals surface area contributed by atoms with Crippen LogP contribution in [0.2, 0.25) is 0 Å². The van der Waals surface area contributed by atoms with Gasteiger partial charge < -0.3 is 15.5 Å². The molecule has 0 unspecified atom stereocenters. The Bertz CT molecular complexity index is 875. The molecule has 0 aromatic heterocycles. The van der Waals surface area contributed by atoms with Crippen molar-refractivity contribution >= 4 is 11.8 Å². The van der Waals surface area contributed by atoms with Gasteiger partial charge in [-0.15, -0.1) is 0 Å². The quantitative estimate of drug-likeness (QED) is 0.530. The third-order valence-corrected chi connectivity index (χ3v) is 5.89. The molecule has 2 rings (SSSR count). The van der Waals surface area contributed by atoms with Gasteiger partial charge in [0.2, 0.25) is 11.8 Å². The maximum atomic E-state index is 12.4. The molecule has 0 bridgehead atoms. The molecule has 0 aliphatic carbocycles. The van der Waals surface area contributed by atoms with Gasteiger partial charge in [0.05, 0.1) is 0 Å². The fraction of sp³-hybridized carbons (Fsp3) is 0.481. The van der Waals surface area contributed by atoms with Crippen molar-refractivity contribution in [1.29, 1.82) is 0 Å². The lowest BCUT2D eigenvalue weighted by Crippen LogP contribution is -2.55. The van der Waals surface area contributed by atoms with Crippen LogP contribution in [0.25, 0.3) is 0 Å². The van der Waals surface area contributed by atoms with Crippen LogP contribution in [0.5, 0.6) is 0 Å². The van der Waals surface area contributed by atoms with E-state index in [9.17, 15) is 9.59 Å². The molecule has 0 saturated heterocycles. The van der Waals surface area contributed by atoms with Gasteiger partial charge in [0.15, 0.2) is 0 Å². The van der Waals surface area contributed by atoms with Gasteiger partial charge in [-0.05, 0) is 75.9 Å². The highest BCUT2D eigenvalue weighted by Gasteiger charge is 2.28. The number of benzene rings is 2. The van der Waals surface area contributed by atoms with Gasteiger partial charge in [-0.1, -0.05) is 55.5 Å². The molecule has 5 nitrogen and oxygen atoms in total. The fourth-order valence-corrected chi connectivity index (χ4v) is 3.51. The van der Waals surface area contributed by atoms with E-state index in [4.69, 9.17) is 0 Å². The molecule has 0 aliphatic heterocycles. The van der Waals surface area contributed by atoms with E-state index in [0.29, 0.717) is 13.0 Å². The van der Waals surface area contributed by atoms with Crippen LogP contribution in [-0.4, -0.2) is 48.9 Å². The molecule has 32 heavy (non-hydrogen) atoms. The largest absolute Gasteiger partial charge is 0.353 e. The Hall–Kier alpha value is -2.66. The van der Waals surface area contributed by atoms with Crippen molar-refractivity contribution in [3.05, 3.63) is 70.8 Å². The van der Waals surface area contributed by atoms with Crippen LogP contribution in [0.15, 0.2) is 48.5 Å². The molecule has 2 aromatic rings. The van der Waals surface area contributed by atoms with Gasteiger partial charge in [0.25, 0.3) is 0 Å². The average molecular weight is 438 g/mol. The summed E-state index contributed by atoms with van der Waals surface area (Å²) in [7, 11) is 2.01. The summed E-state index contributed by atoms with van der Waals surface area (Å²) in [5, 5.41) is 5.78. The van der Waals surface area contributed by atoms with Crippen LogP contribution in [0.1, 0.15) is 55.9 Å². The maximum absolute atomic E-state index is 12.4. The molecule has 0 radical (unpaired) electrons. The Morgan fingerprint density at radius 2 is 1.66 bits per heavy atom. The molecule has 2 amide bonds. The van der Waals surface area contributed by atoms with E-state index in [0.717, 1.165) is 32.4 Å². The number of nitrogens with zero attached hydrogens (tertiary/aromatic N) is 1. The predicted molar refractivity (Wildman–Crippen MR) is 132 cm³/mol. The Morgan fingerprint density at radius 3 is 2.31 bits per heavy atom. The number of likely N-dealkylation sites (N-methyl/N-ethyl adjacent to an activating group) is 1. The van der Waals surface area contributed by atoms with Crippen molar-refractivity contribution in [2.24, 2.45) is 0 Å². The third-order valence-electron chi connectivity index (χ3n) is 5.89. The molecule has 2 N–H and O–H groups in total. The maximum Gasteiger partial charge on any atom is 0.245 e. The van der Waals surface area contributed by atoms with Crippen molar-refractivity contribution in [3.8, 4) is 0 Å². The van der Waals surface area contributed by atoms with Crippen molar-refractivity contribution in [3.63, 3.8) is 0 Å². The van der Waals surface area contributed by atoms with E-state index in [2.05, 4.69) is 77.9 Å². The van der Waals surface area contributed by atoms with Crippen LogP contribution in [0.4, 0.5) is 0 Å². The first kappa shape index (κ1) is 25.6.